The Morgan fingerprint density at radius 2 is 1.71 bits per heavy atom. The molecular formula is C24H31FN4O2. The lowest BCUT2D eigenvalue weighted by atomic mass is 10.1. The van der Waals surface area contributed by atoms with Gasteiger partial charge in [0.05, 0.1) is 12.6 Å². The highest BCUT2D eigenvalue weighted by Gasteiger charge is 2.28. The van der Waals surface area contributed by atoms with E-state index in [4.69, 9.17) is 0 Å². The molecule has 6 nitrogen and oxygen atoms in total. The summed E-state index contributed by atoms with van der Waals surface area (Å²) in [6.45, 7) is 6.12. The maximum absolute atomic E-state index is 13.4. The van der Waals surface area contributed by atoms with Crippen molar-refractivity contribution in [3.05, 3.63) is 71.5 Å². The summed E-state index contributed by atoms with van der Waals surface area (Å²) in [4.78, 5) is 31.0. The smallest absolute Gasteiger partial charge is 0.239 e. The molecule has 1 fully saturated rings. The molecule has 166 valence electrons. The summed E-state index contributed by atoms with van der Waals surface area (Å²) < 4.78 is 13.4. The Balaban J connectivity index is 1.40. The van der Waals surface area contributed by atoms with E-state index in [1.54, 1.807) is 18.0 Å². The first-order valence-electron chi connectivity index (χ1n) is 10.7. The van der Waals surface area contributed by atoms with Gasteiger partial charge in [-0.15, -0.1) is 0 Å². The molecule has 0 saturated carbocycles. The molecular weight excluding hydrogens is 395 g/mol. The van der Waals surface area contributed by atoms with Crippen LogP contribution in [0.1, 0.15) is 18.1 Å². The van der Waals surface area contributed by atoms with Crippen molar-refractivity contribution >= 4 is 11.8 Å². The Hall–Kier alpha value is -2.77. The lowest BCUT2D eigenvalue weighted by Crippen LogP contribution is -2.55. The molecule has 0 bridgehead atoms. The zero-order valence-corrected chi connectivity index (χ0v) is 18.3. The van der Waals surface area contributed by atoms with Crippen LogP contribution in [0.3, 0.4) is 0 Å². The number of hydrogen-bond acceptors (Lipinski definition) is 4. The van der Waals surface area contributed by atoms with Gasteiger partial charge < -0.3 is 10.2 Å². The van der Waals surface area contributed by atoms with Crippen LogP contribution < -0.4 is 5.32 Å². The van der Waals surface area contributed by atoms with Gasteiger partial charge >= 0.3 is 0 Å². The van der Waals surface area contributed by atoms with Gasteiger partial charge in [-0.25, -0.2) is 4.39 Å². The second kappa shape index (κ2) is 11.0. The second-order valence-corrected chi connectivity index (χ2v) is 8.07. The molecule has 1 saturated heterocycles. The van der Waals surface area contributed by atoms with Crippen molar-refractivity contribution < 1.29 is 14.0 Å². The molecule has 0 aliphatic carbocycles. The van der Waals surface area contributed by atoms with Gasteiger partial charge in [0.25, 0.3) is 0 Å². The van der Waals surface area contributed by atoms with Crippen LogP contribution in [0.4, 0.5) is 4.39 Å². The van der Waals surface area contributed by atoms with E-state index in [1.807, 2.05) is 43.3 Å². The number of rotatable bonds is 8. The molecule has 0 radical (unpaired) electrons. The SMILES string of the molecule is CC(C(=O)N(C)Cc1cccc(F)c1)N1CCN(CC(=O)NCc2ccccc2)CC1. The zero-order valence-electron chi connectivity index (χ0n) is 18.3. The van der Waals surface area contributed by atoms with Crippen LogP contribution in [0, 0.1) is 5.82 Å². The number of carbonyl (C=O) groups excluding carboxylic acids is 2. The first kappa shape index (κ1) is 22.9. The van der Waals surface area contributed by atoms with Crippen molar-refractivity contribution in [3.63, 3.8) is 0 Å². The lowest BCUT2D eigenvalue weighted by molar-refractivity contribution is -0.136. The minimum absolute atomic E-state index is 0.0104. The molecule has 1 atom stereocenters. The number of nitrogens with one attached hydrogen (secondary N) is 1. The van der Waals surface area contributed by atoms with Crippen molar-refractivity contribution in [2.75, 3.05) is 39.8 Å². The highest BCUT2D eigenvalue weighted by molar-refractivity contribution is 5.81. The van der Waals surface area contributed by atoms with Crippen LogP contribution in [0.15, 0.2) is 54.6 Å². The van der Waals surface area contributed by atoms with Crippen LogP contribution in [0.2, 0.25) is 0 Å². The molecule has 2 aromatic rings. The van der Waals surface area contributed by atoms with E-state index in [9.17, 15) is 14.0 Å². The number of benzene rings is 2. The summed E-state index contributed by atoms with van der Waals surface area (Å²) in [6.07, 6.45) is 0. The molecule has 2 amide bonds. The largest absolute Gasteiger partial charge is 0.351 e. The number of halogens is 1. The van der Waals surface area contributed by atoms with Crippen LogP contribution >= 0.6 is 0 Å². The Morgan fingerprint density at radius 1 is 1.03 bits per heavy atom. The van der Waals surface area contributed by atoms with E-state index in [0.717, 1.165) is 37.3 Å². The quantitative estimate of drug-likeness (QED) is 0.703. The van der Waals surface area contributed by atoms with Gasteiger partial charge in [0.1, 0.15) is 5.82 Å². The fourth-order valence-corrected chi connectivity index (χ4v) is 3.83. The summed E-state index contributed by atoms with van der Waals surface area (Å²) in [5.41, 5.74) is 1.85. The Morgan fingerprint density at radius 3 is 2.39 bits per heavy atom. The maximum Gasteiger partial charge on any atom is 0.239 e. The van der Waals surface area contributed by atoms with Crippen molar-refractivity contribution in [2.45, 2.75) is 26.1 Å². The van der Waals surface area contributed by atoms with E-state index < -0.39 is 0 Å². The zero-order chi connectivity index (χ0) is 22.2. The van der Waals surface area contributed by atoms with Crippen LogP contribution in [0.25, 0.3) is 0 Å². The number of hydrogen-bond donors (Lipinski definition) is 1. The monoisotopic (exact) mass is 426 g/mol. The van der Waals surface area contributed by atoms with E-state index in [2.05, 4.69) is 15.1 Å². The van der Waals surface area contributed by atoms with Gasteiger partial charge in [0, 0.05) is 46.3 Å². The molecule has 1 aliphatic heterocycles. The Kier molecular flexibility index (Phi) is 8.14. The second-order valence-electron chi connectivity index (χ2n) is 8.07. The lowest BCUT2D eigenvalue weighted by Gasteiger charge is -2.38. The predicted octanol–water partition coefficient (Wildman–Crippen LogP) is 2.11. The molecule has 31 heavy (non-hydrogen) atoms. The molecule has 3 rings (SSSR count). The topological polar surface area (TPSA) is 55.9 Å². The average molecular weight is 427 g/mol. The van der Waals surface area contributed by atoms with Crippen LogP contribution in [-0.2, 0) is 22.7 Å². The summed E-state index contributed by atoms with van der Waals surface area (Å²) in [5.74, 6) is -0.273. The van der Waals surface area contributed by atoms with Crippen molar-refractivity contribution in [1.29, 1.82) is 0 Å². The first-order chi connectivity index (χ1) is 14.9. The first-order valence-corrected chi connectivity index (χ1v) is 10.7. The molecule has 2 aromatic carbocycles. The average Bonchev–Trinajstić information content (AvgIpc) is 2.78. The third-order valence-corrected chi connectivity index (χ3v) is 5.70. The van der Waals surface area contributed by atoms with Gasteiger partial charge in [0.15, 0.2) is 0 Å². The predicted molar refractivity (Wildman–Crippen MR) is 119 cm³/mol. The van der Waals surface area contributed by atoms with E-state index in [0.29, 0.717) is 19.6 Å². The van der Waals surface area contributed by atoms with Crippen molar-refractivity contribution in [1.82, 2.24) is 20.0 Å². The summed E-state index contributed by atoms with van der Waals surface area (Å²) in [5, 5.41) is 2.96. The van der Waals surface area contributed by atoms with Gasteiger partial charge in [-0.2, -0.15) is 0 Å². The number of amides is 2. The third kappa shape index (κ3) is 6.87. The molecule has 7 heteroatoms. The standard InChI is InChI=1S/C24H31FN4O2/c1-19(24(31)27(2)17-21-9-6-10-22(25)15-21)29-13-11-28(12-14-29)18-23(30)26-16-20-7-4-3-5-8-20/h3-10,15,19H,11-14,16-18H2,1-2H3,(H,26,30). The van der Waals surface area contributed by atoms with Gasteiger partial charge in [0.2, 0.25) is 11.8 Å². The van der Waals surface area contributed by atoms with Gasteiger partial charge in [-0.1, -0.05) is 42.5 Å². The number of nitrogens with zero attached hydrogens (tertiary/aromatic N) is 3. The minimum atomic E-state index is -0.296. The number of piperazine rings is 1. The summed E-state index contributed by atoms with van der Waals surface area (Å²) in [6, 6.07) is 15.9. The minimum Gasteiger partial charge on any atom is -0.351 e. The van der Waals surface area contributed by atoms with Crippen LogP contribution in [-0.4, -0.2) is 72.3 Å². The maximum atomic E-state index is 13.4. The fourth-order valence-electron chi connectivity index (χ4n) is 3.83. The highest BCUT2D eigenvalue weighted by Crippen LogP contribution is 2.12. The molecule has 1 unspecified atom stereocenters. The number of carbonyl (C=O) groups is 2. The molecule has 1 N–H and O–H groups in total. The molecule has 0 aromatic heterocycles. The van der Waals surface area contributed by atoms with Gasteiger partial charge in [-0.3, -0.25) is 19.4 Å². The molecule has 0 spiro atoms. The summed E-state index contributed by atoms with van der Waals surface area (Å²) in [7, 11) is 1.75. The molecule has 1 aliphatic rings. The van der Waals surface area contributed by atoms with Crippen LogP contribution in [0.5, 0.6) is 0 Å². The normalized spacial score (nSPS) is 16.0. The third-order valence-electron chi connectivity index (χ3n) is 5.70. The highest BCUT2D eigenvalue weighted by atomic mass is 19.1. The Bertz CT molecular complexity index is 869. The molecule has 1 heterocycles. The number of likely N-dealkylation sites (N-methyl/N-ethyl adjacent to an activating group) is 1. The van der Waals surface area contributed by atoms with E-state index in [-0.39, 0.29) is 23.7 Å². The van der Waals surface area contributed by atoms with Gasteiger partial charge in [-0.05, 0) is 30.2 Å². The van der Waals surface area contributed by atoms with Crippen molar-refractivity contribution in [3.8, 4) is 0 Å². The summed E-state index contributed by atoms with van der Waals surface area (Å²) >= 11 is 0. The van der Waals surface area contributed by atoms with E-state index in [1.165, 1.54) is 12.1 Å². The van der Waals surface area contributed by atoms with E-state index >= 15 is 0 Å². The fraction of sp³-hybridized carbons (Fsp3) is 0.417. The Labute approximate surface area is 183 Å². The van der Waals surface area contributed by atoms with Crippen molar-refractivity contribution in [2.24, 2.45) is 0 Å².